The number of nitrogens with one attached hydrogen (secondary N) is 4. The van der Waals surface area contributed by atoms with E-state index in [1.165, 1.54) is 26.0 Å². The number of ether oxygens (including phenoxy) is 2. The van der Waals surface area contributed by atoms with Crippen molar-refractivity contribution in [1.29, 1.82) is 0 Å². The smallest absolute Gasteiger partial charge is 0.407 e. The summed E-state index contributed by atoms with van der Waals surface area (Å²) in [6, 6.07) is 13.4. The molecule has 1 aliphatic heterocycles. The molecule has 4 N–H and O–H groups in total. The number of hydrogen-bond acceptors (Lipinski definition) is 10. The Morgan fingerprint density at radius 2 is 1.64 bits per heavy atom. The number of hydrogen-bond donors (Lipinski definition) is 4. The van der Waals surface area contributed by atoms with Crippen molar-refractivity contribution in [2.24, 2.45) is 5.92 Å². The molecule has 17 heteroatoms. The molecule has 16 nitrogen and oxygen atoms in total. The molecule has 0 spiro atoms. The first-order valence-corrected chi connectivity index (χ1v) is 19.3. The van der Waals surface area contributed by atoms with Gasteiger partial charge in [-0.25, -0.2) is 23.9 Å². The second kappa shape index (κ2) is 17.0. The quantitative estimate of drug-likeness (QED) is 0.0843. The van der Waals surface area contributed by atoms with Crippen LogP contribution in [0.15, 0.2) is 70.1 Å². The summed E-state index contributed by atoms with van der Waals surface area (Å²) in [6.07, 6.45) is 2.02. The van der Waals surface area contributed by atoms with E-state index in [2.05, 4.69) is 35.3 Å². The van der Waals surface area contributed by atoms with Crippen LogP contribution in [0.2, 0.25) is 0 Å². The van der Waals surface area contributed by atoms with Crippen molar-refractivity contribution in [1.82, 2.24) is 40.4 Å². The SMILES string of the molecule is COC(=O)NCC(=O)N1CCC[C@H]1c1ncc(-c2ccc3oc4ccc5cc(-c6cnc(CN(C[C@@H](C)F)C(=O)C(NC(=O)OC)C(C)C)[nH]6)ccc5c4c(=O)c3c2)[nH]1. The first kappa shape index (κ1) is 40.4. The lowest BCUT2D eigenvalue weighted by Crippen LogP contribution is -2.52. The van der Waals surface area contributed by atoms with Gasteiger partial charge < -0.3 is 44.3 Å². The van der Waals surface area contributed by atoms with E-state index in [4.69, 9.17) is 9.15 Å². The average Bonchev–Trinajstić information content (AvgIpc) is 4.02. The summed E-state index contributed by atoms with van der Waals surface area (Å²) >= 11 is 0. The van der Waals surface area contributed by atoms with Crippen LogP contribution >= 0.6 is 0 Å². The number of H-pyrrole nitrogens is 2. The number of aromatic nitrogens is 4. The molecule has 3 atom stereocenters. The molecule has 308 valence electrons. The zero-order chi connectivity index (χ0) is 42.0. The summed E-state index contributed by atoms with van der Waals surface area (Å²) in [6.45, 7) is 5.03. The fraction of sp³-hybridized carbons (Fsp3) is 0.357. The van der Waals surface area contributed by atoms with Gasteiger partial charge >= 0.3 is 12.2 Å². The van der Waals surface area contributed by atoms with Crippen LogP contribution in [0, 0.1) is 5.92 Å². The minimum absolute atomic E-state index is 0.0255. The number of rotatable bonds is 12. The van der Waals surface area contributed by atoms with E-state index in [1.54, 1.807) is 49.3 Å². The number of nitrogens with zero attached hydrogens (tertiary/aromatic N) is 4. The van der Waals surface area contributed by atoms with E-state index in [-0.39, 0.29) is 42.9 Å². The molecule has 59 heavy (non-hydrogen) atoms. The predicted octanol–water partition coefficient (Wildman–Crippen LogP) is 5.97. The Hall–Kier alpha value is -6.78. The lowest BCUT2D eigenvalue weighted by atomic mass is 10.00. The van der Waals surface area contributed by atoms with Crippen LogP contribution in [0.4, 0.5) is 14.0 Å². The van der Waals surface area contributed by atoms with Gasteiger partial charge in [-0.05, 0) is 66.8 Å². The van der Waals surface area contributed by atoms with Crippen molar-refractivity contribution in [2.45, 2.75) is 58.4 Å². The third-order valence-corrected chi connectivity index (χ3v) is 10.5. The molecule has 1 unspecified atom stereocenters. The number of amides is 4. The molecule has 0 saturated carbocycles. The number of alkyl carbamates (subject to hydrolysis) is 2. The summed E-state index contributed by atoms with van der Waals surface area (Å²) in [7, 11) is 2.44. The molecule has 4 heterocycles. The van der Waals surface area contributed by atoms with Crippen molar-refractivity contribution in [3.05, 3.63) is 82.8 Å². The third-order valence-electron chi connectivity index (χ3n) is 10.5. The Morgan fingerprint density at radius 3 is 2.39 bits per heavy atom. The first-order chi connectivity index (χ1) is 28.3. The maximum atomic E-state index is 14.3. The van der Waals surface area contributed by atoms with Gasteiger partial charge in [0.1, 0.15) is 41.6 Å². The van der Waals surface area contributed by atoms with Crippen LogP contribution in [0.5, 0.6) is 0 Å². The molecule has 6 aromatic rings. The Balaban J connectivity index is 1.14. The summed E-state index contributed by atoms with van der Waals surface area (Å²) in [5, 5.41) is 7.26. The van der Waals surface area contributed by atoms with Gasteiger partial charge in [0.15, 0.2) is 0 Å². The van der Waals surface area contributed by atoms with E-state index in [1.807, 2.05) is 30.3 Å². The van der Waals surface area contributed by atoms with Crippen molar-refractivity contribution >= 4 is 56.7 Å². The van der Waals surface area contributed by atoms with E-state index < -0.39 is 30.3 Å². The maximum Gasteiger partial charge on any atom is 0.407 e. The molecule has 1 aliphatic rings. The number of carbonyl (C=O) groups is 4. The third kappa shape index (κ3) is 8.44. The van der Waals surface area contributed by atoms with Gasteiger partial charge in [0.25, 0.3) is 0 Å². The topological polar surface area (TPSA) is 205 Å². The lowest BCUT2D eigenvalue weighted by molar-refractivity contribution is -0.136. The lowest BCUT2D eigenvalue weighted by Gasteiger charge is -2.29. The van der Waals surface area contributed by atoms with Gasteiger partial charge in [0, 0.05) is 17.7 Å². The number of carbonyl (C=O) groups excluding carboxylic acids is 4. The molecule has 0 radical (unpaired) electrons. The second-order valence-electron chi connectivity index (χ2n) is 14.9. The van der Waals surface area contributed by atoms with Crippen LogP contribution in [-0.4, -0.2) is 99.8 Å². The normalized spacial score (nSPS) is 15.1. The van der Waals surface area contributed by atoms with Gasteiger partial charge in [-0.3, -0.25) is 14.4 Å². The molecular weight excluding hydrogens is 764 g/mol. The number of likely N-dealkylation sites (tertiary alicyclic amines) is 1. The van der Waals surface area contributed by atoms with Crippen molar-refractivity contribution in [2.75, 3.05) is 33.9 Å². The average molecular weight is 809 g/mol. The highest BCUT2D eigenvalue weighted by Gasteiger charge is 2.33. The van der Waals surface area contributed by atoms with Gasteiger partial charge in [-0.15, -0.1) is 0 Å². The second-order valence-corrected chi connectivity index (χ2v) is 14.9. The molecule has 3 aromatic carbocycles. The van der Waals surface area contributed by atoms with Crippen molar-refractivity contribution in [3.8, 4) is 22.5 Å². The zero-order valence-corrected chi connectivity index (χ0v) is 33.3. The summed E-state index contributed by atoms with van der Waals surface area (Å²) in [5.74, 6) is 0.0306. The maximum absolute atomic E-state index is 14.3. The molecule has 7 rings (SSSR count). The van der Waals surface area contributed by atoms with Crippen LogP contribution in [0.3, 0.4) is 0 Å². The zero-order valence-electron chi connectivity index (χ0n) is 33.3. The number of aromatic amines is 2. The fourth-order valence-electron chi connectivity index (χ4n) is 7.54. The number of imidazole rings is 2. The van der Waals surface area contributed by atoms with E-state index >= 15 is 0 Å². The number of alkyl halides is 1. The minimum atomic E-state index is -1.33. The summed E-state index contributed by atoms with van der Waals surface area (Å²) in [5.41, 5.74) is 3.45. The number of fused-ring (bicyclic) bond motifs is 4. The molecular formula is C42H45FN8O8. The van der Waals surface area contributed by atoms with Crippen LogP contribution < -0.4 is 16.1 Å². The molecule has 0 aliphatic carbocycles. The van der Waals surface area contributed by atoms with Crippen molar-refractivity contribution in [3.63, 3.8) is 0 Å². The van der Waals surface area contributed by atoms with E-state index in [9.17, 15) is 28.4 Å². The van der Waals surface area contributed by atoms with Crippen LogP contribution in [-0.2, 0) is 25.6 Å². The Bertz CT molecular complexity index is 2620. The molecule has 4 amide bonds. The highest BCUT2D eigenvalue weighted by atomic mass is 19.1. The van der Waals surface area contributed by atoms with Crippen molar-refractivity contribution < 1.29 is 37.5 Å². The number of methoxy groups -OCH3 is 2. The van der Waals surface area contributed by atoms with E-state index in [0.29, 0.717) is 68.9 Å². The van der Waals surface area contributed by atoms with Gasteiger partial charge in [-0.2, -0.15) is 0 Å². The van der Waals surface area contributed by atoms with Gasteiger partial charge in [0.05, 0.1) is 67.9 Å². The summed E-state index contributed by atoms with van der Waals surface area (Å²) in [4.78, 5) is 82.7. The standard InChI is InChI=1S/C42H45FN8O8/c1-22(2)37(49-42(56)58-5)40(54)50(20-23(3)43)21-34-44-17-29(47-34)25-8-11-27-24(15-25)9-13-33-36(27)38(53)28-16-26(10-12-32(28)59-33)30-18-45-39(48-30)31-7-6-14-51(31)35(52)19-46-41(55)57-4/h8-13,15-18,22-23,31,37H,6-7,14,19-21H2,1-5H3,(H,44,47)(H,45,48)(H,46,55)(H,49,56)/t23-,31+,37?/m1/s1. The summed E-state index contributed by atoms with van der Waals surface area (Å²) < 4.78 is 29.8. The van der Waals surface area contributed by atoms with Crippen LogP contribution in [0.1, 0.15) is 51.3 Å². The molecule has 3 aromatic heterocycles. The van der Waals surface area contributed by atoms with Crippen LogP contribution in [0.25, 0.3) is 55.2 Å². The highest BCUT2D eigenvalue weighted by Crippen LogP contribution is 2.34. The molecule has 0 bridgehead atoms. The Morgan fingerprint density at radius 1 is 0.932 bits per heavy atom. The first-order valence-electron chi connectivity index (χ1n) is 19.3. The highest BCUT2D eigenvalue weighted by molar-refractivity contribution is 6.09. The minimum Gasteiger partial charge on any atom is -0.456 e. The predicted molar refractivity (Wildman–Crippen MR) is 217 cm³/mol. The fourth-order valence-corrected chi connectivity index (χ4v) is 7.54. The van der Waals surface area contributed by atoms with Gasteiger partial charge in [-0.1, -0.05) is 32.0 Å². The molecule has 1 saturated heterocycles. The monoisotopic (exact) mass is 808 g/mol. The number of halogens is 1. The largest absolute Gasteiger partial charge is 0.456 e. The molecule has 1 fully saturated rings. The van der Waals surface area contributed by atoms with E-state index in [0.717, 1.165) is 17.4 Å². The Kier molecular flexibility index (Phi) is 11.6. The van der Waals surface area contributed by atoms with Gasteiger partial charge in [0.2, 0.25) is 17.2 Å². The number of benzene rings is 3. The Labute approximate surface area is 337 Å².